The van der Waals surface area contributed by atoms with Gasteiger partial charge < -0.3 is 9.72 Å². The molecule has 2 unspecified atom stereocenters. The lowest BCUT2D eigenvalue weighted by atomic mass is 10.0. The first-order valence-corrected chi connectivity index (χ1v) is 6.67. The van der Waals surface area contributed by atoms with Gasteiger partial charge in [-0.3, -0.25) is 0 Å². The summed E-state index contributed by atoms with van der Waals surface area (Å²) in [4.78, 5) is 8.77. The van der Waals surface area contributed by atoms with Gasteiger partial charge in [-0.2, -0.15) is 0 Å². The maximum Gasteiger partial charge on any atom is 0.180 e. The first-order valence-electron chi connectivity index (χ1n) is 5.87. The van der Waals surface area contributed by atoms with E-state index in [9.17, 15) is 0 Å². The van der Waals surface area contributed by atoms with E-state index in [0.717, 1.165) is 22.5 Å². The molecule has 0 aliphatic rings. The fourth-order valence-electron chi connectivity index (χ4n) is 1.71. The van der Waals surface area contributed by atoms with Crippen LogP contribution in [0.5, 0.6) is 0 Å². The summed E-state index contributed by atoms with van der Waals surface area (Å²) in [6.07, 6.45) is 6.75. The van der Waals surface area contributed by atoms with Crippen molar-refractivity contribution in [3.05, 3.63) is 23.2 Å². The highest BCUT2D eigenvalue weighted by Crippen LogP contribution is 2.20. The van der Waals surface area contributed by atoms with Crippen molar-refractivity contribution in [2.24, 2.45) is 5.92 Å². The highest BCUT2D eigenvalue weighted by molar-refractivity contribution is 9.10. The minimum Gasteiger partial charge on any atom is -0.364 e. The van der Waals surface area contributed by atoms with Crippen molar-refractivity contribution in [3.8, 4) is 0 Å². The highest BCUT2D eigenvalue weighted by atomic mass is 79.9. The van der Waals surface area contributed by atoms with Crippen LogP contribution < -0.4 is 5.32 Å². The minimum atomic E-state index is 0.377. The summed E-state index contributed by atoms with van der Waals surface area (Å²) in [5.74, 6) is 1.43. The molecule has 17 heavy (non-hydrogen) atoms. The van der Waals surface area contributed by atoms with E-state index in [0.29, 0.717) is 12.0 Å². The average molecular weight is 297 g/mol. The standard InChI is InChI=1S/C12H17BrN4/c1-4-8(2)9(3)15-11-12-14-5-6-17(12)7-10(13)16-11/h5-9H,4H2,1-3H3,(H,15,16). The number of rotatable bonds is 4. The lowest BCUT2D eigenvalue weighted by Gasteiger charge is -2.20. The second-order valence-corrected chi connectivity index (χ2v) is 5.20. The average Bonchev–Trinajstić information content (AvgIpc) is 2.75. The second-order valence-electron chi connectivity index (χ2n) is 4.39. The van der Waals surface area contributed by atoms with Crippen molar-refractivity contribution in [2.45, 2.75) is 33.2 Å². The molecule has 0 aliphatic heterocycles. The molecule has 2 rings (SSSR count). The molecular weight excluding hydrogens is 280 g/mol. The Hall–Kier alpha value is -1.10. The van der Waals surface area contributed by atoms with Crippen LogP contribution in [-0.4, -0.2) is 20.4 Å². The van der Waals surface area contributed by atoms with Crippen molar-refractivity contribution in [2.75, 3.05) is 5.32 Å². The molecule has 0 spiro atoms. The number of fused-ring (bicyclic) bond motifs is 1. The summed E-state index contributed by atoms with van der Waals surface area (Å²) >= 11 is 3.41. The number of nitrogens with zero attached hydrogens (tertiary/aromatic N) is 3. The first kappa shape index (κ1) is 12.4. The Morgan fingerprint density at radius 1 is 1.47 bits per heavy atom. The fraction of sp³-hybridized carbons (Fsp3) is 0.500. The minimum absolute atomic E-state index is 0.377. The largest absolute Gasteiger partial charge is 0.364 e. The topological polar surface area (TPSA) is 42.2 Å². The van der Waals surface area contributed by atoms with E-state index in [4.69, 9.17) is 0 Å². The van der Waals surface area contributed by atoms with Gasteiger partial charge in [0, 0.05) is 24.6 Å². The van der Waals surface area contributed by atoms with Crippen LogP contribution in [0, 0.1) is 5.92 Å². The van der Waals surface area contributed by atoms with Gasteiger partial charge in [-0.25, -0.2) is 9.97 Å². The van der Waals surface area contributed by atoms with Gasteiger partial charge in [-0.05, 0) is 28.8 Å². The van der Waals surface area contributed by atoms with Crippen LogP contribution in [0.15, 0.2) is 23.2 Å². The Labute approximate surface area is 110 Å². The Balaban J connectivity index is 2.31. The Morgan fingerprint density at radius 3 is 2.94 bits per heavy atom. The van der Waals surface area contributed by atoms with E-state index in [1.807, 2.05) is 16.8 Å². The lowest BCUT2D eigenvalue weighted by Crippen LogP contribution is -2.24. The van der Waals surface area contributed by atoms with Gasteiger partial charge in [-0.15, -0.1) is 0 Å². The van der Waals surface area contributed by atoms with Crippen LogP contribution in [0.3, 0.4) is 0 Å². The molecule has 0 saturated heterocycles. The SMILES string of the molecule is CCC(C)C(C)Nc1nc(Br)cn2ccnc12. The molecule has 0 amide bonds. The second kappa shape index (κ2) is 5.04. The van der Waals surface area contributed by atoms with Gasteiger partial charge in [0.2, 0.25) is 0 Å². The molecule has 0 fully saturated rings. The molecule has 0 aliphatic carbocycles. The van der Waals surface area contributed by atoms with Gasteiger partial charge in [0.25, 0.3) is 0 Å². The lowest BCUT2D eigenvalue weighted by molar-refractivity contribution is 0.493. The monoisotopic (exact) mass is 296 g/mol. The van der Waals surface area contributed by atoms with Gasteiger partial charge >= 0.3 is 0 Å². The smallest absolute Gasteiger partial charge is 0.180 e. The quantitative estimate of drug-likeness (QED) is 0.941. The summed E-state index contributed by atoms with van der Waals surface area (Å²) in [6, 6.07) is 0.377. The van der Waals surface area contributed by atoms with E-state index < -0.39 is 0 Å². The van der Waals surface area contributed by atoms with Crippen molar-refractivity contribution in [3.63, 3.8) is 0 Å². The van der Waals surface area contributed by atoms with Crippen LogP contribution >= 0.6 is 15.9 Å². The van der Waals surface area contributed by atoms with Crippen LogP contribution in [0.2, 0.25) is 0 Å². The van der Waals surface area contributed by atoms with Gasteiger partial charge in [0.15, 0.2) is 11.5 Å². The van der Waals surface area contributed by atoms with Crippen molar-refractivity contribution < 1.29 is 0 Å². The van der Waals surface area contributed by atoms with Crippen molar-refractivity contribution in [1.82, 2.24) is 14.4 Å². The predicted octanol–water partition coefficient (Wildman–Crippen LogP) is 3.34. The normalized spacial score (nSPS) is 14.8. The zero-order valence-corrected chi connectivity index (χ0v) is 11.9. The predicted molar refractivity (Wildman–Crippen MR) is 73.2 cm³/mol. The Morgan fingerprint density at radius 2 is 2.24 bits per heavy atom. The van der Waals surface area contributed by atoms with Crippen LogP contribution in [0.1, 0.15) is 27.2 Å². The van der Waals surface area contributed by atoms with Crippen molar-refractivity contribution in [1.29, 1.82) is 0 Å². The fourth-order valence-corrected chi connectivity index (χ4v) is 2.11. The molecule has 0 aromatic carbocycles. The Bertz CT molecular complexity index is 508. The first-order chi connectivity index (χ1) is 8.11. The molecule has 0 bridgehead atoms. The summed E-state index contributed by atoms with van der Waals surface area (Å²) in [5.41, 5.74) is 0.864. The van der Waals surface area contributed by atoms with E-state index in [1.165, 1.54) is 0 Å². The third-order valence-electron chi connectivity index (χ3n) is 3.21. The molecule has 4 nitrogen and oxygen atoms in total. The van der Waals surface area contributed by atoms with Gasteiger partial charge in [0.05, 0.1) is 0 Å². The third-order valence-corrected chi connectivity index (χ3v) is 3.59. The molecule has 0 saturated carbocycles. The van der Waals surface area contributed by atoms with E-state index in [1.54, 1.807) is 6.20 Å². The molecule has 92 valence electrons. The number of anilines is 1. The third kappa shape index (κ3) is 2.60. The summed E-state index contributed by atoms with van der Waals surface area (Å²) < 4.78 is 2.77. The van der Waals surface area contributed by atoms with Crippen molar-refractivity contribution >= 4 is 27.4 Å². The summed E-state index contributed by atoms with van der Waals surface area (Å²) in [6.45, 7) is 6.61. The molecule has 2 heterocycles. The van der Waals surface area contributed by atoms with Crippen LogP contribution in [0.4, 0.5) is 5.82 Å². The number of hydrogen-bond acceptors (Lipinski definition) is 3. The maximum absolute atomic E-state index is 4.45. The molecule has 0 radical (unpaired) electrons. The highest BCUT2D eigenvalue weighted by Gasteiger charge is 2.13. The van der Waals surface area contributed by atoms with Crippen LogP contribution in [-0.2, 0) is 0 Å². The van der Waals surface area contributed by atoms with Gasteiger partial charge in [-0.1, -0.05) is 20.3 Å². The zero-order valence-electron chi connectivity index (χ0n) is 10.3. The van der Waals surface area contributed by atoms with Crippen LogP contribution in [0.25, 0.3) is 5.65 Å². The number of halogens is 1. The molecule has 5 heteroatoms. The van der Waals surface area contributed by atoms with Gasteiger partial charge in [0.1, 0.15) is 4.60 Å². The molecule has 2 aromatic rings. The molecule has 2 atom stereocenters. The number of aromatic nitrogens is 3. The van der Waals surface area contributed by atoms with E-state index in [-0.39, 0.29) is 0 Å². The Kier molecular flexibility index (Phi) is 3.66. The number of nitrogens with one attached hydrogen (secondary N) is 1. The summed E-state index contributed by atoms with van der Waals surface area (Å²) in [7, 11) is 0. The number of hydrogen-bond donors (Lipinski definition) is 1. The zero-order chi connectivity index (χ0) is 12.4. The molecular formula is C12H17BrN4. The molecule has 1 N–H and O–H groups in total. The summed E-state index contributed by atoms with van der Waals surface area (Å²) in [5, 5.41) is 3.44. The van der Waals surface area contributed by atoms with E-state index in [2.05, 4.69) is 52.0 Å². The number of imidazole rings is 1. The molecule has 2 aromatic heterocycles. The maximum atomic E-state index is 4.45. The van der Waals surface area contributed by atoms with E-state index >= 15 is 0 Å².